The van der Waals surface area contributed by atoms with Gasteiger partial charge in [0.05, 0.1) is 19.7 Å². The van der Waals surface area contributed by atoms with Gasteiger partial charge in [0.15, 0.2) is 11.5 Å². The summed E-state index contributed by atoms with van der Waals surface area (Å²) in [6.07, 6.45) is -0.118. The number of carbonyl (C=O) groups is 1. The maximum absolute atomic E-state index is 11.9. The van der Waals surface area contributed by atoms with Crippen LogP contribution < -0.4 is 14.4 Å². The zero-order valence-electron chi connectivity index (χ0n) is 10.9. The van der Waals surface area contributed by atoms with Gasteiger partial charge in [0, 0.05) is 0 Å². The molecule has 2 rings (SSSR count). The molecule has 0 amide bonds. The van der Waals surface area contributed by atoms with E-state index in [9.17, 15) is 4.79 Å². The van der Waals surface area contributed by atoms with E-state index < -0.39 is 0 Å². The molecule has 5 nitrogen and oxygen atoms in total. The second-order valence-corrected chi connectivity index (χ2v) is 4.70. The van der Waals surface area contributed by atoms with Gasteiger partial charge in [-0.3, -0.25) is 0 Å². The molecule has 0 bridgehead atoms. The minimum atomic E-state index is -0.331. The maximum Gasteiger partial charge on any atom is 0.338 e. The van der Waals surface area contributed by atoms with Crippen LogP contribution in [0.3, 0.4) is 0 Å². The average molecular weight is 252 g/mol. The topological polar surface area (TPSA) is 49.2 Å². The number of ether oxygens (including phenoxy) is 3. The maximum atomic E-state index is 11.9. The molecule has 0 unspecified atom stereocenters. The van der Waals surface area contributed by atoms with Gasteiger partial charge >= 0.3 is 5.97 Å². The van der Waals surface area contributed by atoms with Crippen LogP contribution in [0.5, 0.6) is 11.5 Å². The van der Waals surface area contributed by atoms with Crippen molar-refractivity contribution in [1.82, 2.24) is 0 Å². The zero-order valence-corrected chi connectivity index (χ0v) is 10.9. The molecule has 98 valence electrons. The molecule has 1 aromatic rings. The first-order valence-corrected chi connectivity index (χ1v) is 5.96. The van der Waals surface area contributed by atoms with Crippen molar-refractivity contribution in [2.75, 3.05) is 27.4 Å². The molecule has 0 aliphatic carbocycles. The summed E-state index contributed by atoms with van der Waals surface area (Å²) in [6, 6.07) is 5.06. The number of esters is 1. The lowest BCUT2D eigenvalue weighted by atomic mass is 10.2. The molecule has 5 heteroatoms. The molecule has 0 saturated heterocycles. The van der Waals surface area contributed by atoms with Gasteiger partial charge in [0.1, 0.15) is 12.6 Å². The molecule has 1 heterocycles. The molecule has 0 saturated carbocycles. The fourth-order valence-electron chi connectivity index (χ4n) is 1.89. The van der Waals surface area contributed by atoms with Crippen LogP contribution in [-0.2, 0) is 4.74 Å². The number of nitrogens with one attached hydrogen (secondary N) is 1. The van der Waals surface area contributed by atoms with E-state index in [1.165, 1.54) is 4.90 Å². The van der Waals surface area contributed by atoms with E-state index in [4.69, 9.17) is 14.2 Å². The summed E-state index contributed by atoms with van der Waals surface area (Å²) in [7, 11) is 4.04. The number of likely N-dealkylation sites (N-methyl/N-ethyl adjacent to an activating group) is 1. The Labute approximate surface area is 106 Å². The van der Waals surface area contributed by atoms with Crippen molar-refractivity contribution < 1.29 is 23.9 Å². The molecule has 0 radical (unpaired) electrons. The Balaban J connectivity index is 2.01. The molecular formula is C13H18NO4+. The van der Waals surface area contributed by atoms with Crippen LogP contribution in [0, 0.1) is 0 Å². The molecule has 18 heavy (non-hydrogen) atoms. The first kappa shape index (κ1) is 12.7. The Hall–Kier alpha value is -1.75. The summed E-state index contributed by atoms with van der Waals surface area (Å²) in [5.41, 5.74) is 0.486. The highest BCUT2D eigenvalue weighted by atomic mass is 16.7. The third kappa shape index (κ3) is 2.92. The molecule has 0 fully saturated rings. The highest BCUT2D eigenvalue weighted by Crippen LogP contribution is 2.32. The van der Waals surface area contributed by atoms with Crippen molar-refractivity contribution >= 4 is 5.97 Å². The number of hydrogen-bond donors (Lipinski definition) is 1. The van der Waals surface area contributed by atoms with Gasteiger partial charge in [-0.15, -0.1) is 0 Å². The number of fused-ring (bicyclic) bond motifs is 1. The van der Waals surface area contributed by atoms with E-state index in [0.717, 1.165) is 6.54 Å². The Morgan fingerprint density at radius 3 is 2.83 bits per heavy atom. The first-order chi connectivity index (χ1) is 8.56. The average Bonchev–Trinajstić information content (AvgIpc) is 2.74. The van der Waals surface area contributed by atoms with E-state index in [2.05, 4.69) is 0 Å². The second kappa shape index (κ2) is 5.27. The van der Waals surface area contributed by atoms with Gasteiger partial charge in [-0.2, -0.15) is 0 Å². The number of carbonyl (C=O) groups excluding carboxylic acids is 1. The third-order valence-electron chi connectivity index (χ3n) is 2.61. The van der Waals surface area contributed by atoms with Crippen molar-refractivity contribution in [2.24, 2.45) is 0 Å². The molecular weight excluding hydrogens is 234 g/mol. The smallest absolute Gasteiger partial charge is 0.338 e. The van der Waals surface area contributed by atoms with Crippen molar-refractivity contribution in [1.29, 1.82) is 0 Å². The fourth-order valence-corrected chi connectivity index (χ4v) is 1.89. The molecule has 0 spiro atoms. The quantitative estimate of drug-likeness (QED) is 0.772. The summed E-state index contributed by atoms with van der Waals surface area (Å²) in [4.78, 5) is 13.1. The van der Waals surface area contributed by atoms with Crippen molar-refractivity contribution in [3.63, 3.8) is 0 Å². The van der Waals surface area contributed by atoms with Crippen LogP contribution >= 0.6 is 0 Å². The number of quaternary nitrogens is 1. The first-order valence-electron chi connectivity index (χ1n) is 5.96. The normalized spacial score (nSPS) is 14.7. The minimum absolute atomic E-state index is 0.118. The summed E-state index contributed by atoms with van der Waals surface area (Å²) in [5, 5.41) is 0. The Morgan fingerprint density at radius 2 is 2.11 bits per heavy atom. The third-order valence-corrected chi connectivity index (χ3v) is 2.61. The predicted octanol–water partition coefficient (Wildman–Crippen LogP) is 0.105. The van der Waals surface area contributed by atoms with E-state index in [1.807, 2.05) is 21.0 Å². The number of rotatable bonds is 4. The monoisotopic (exact) mass is 252 g/mol. The summed E-state index contributed by atoms with van der Waals surface area (Å²) < 4.78 is 15.8. The van der Waals surface area contributed by atoms with E-state index in [0.29, 0.717) is 17.1 Å². The summed E-state index contributed by atoms with van der Waals surface area (Å²) >= 11 is 0. The number of benzene rings is 1. The Kier molecular flexibility index (Phi) is 3.72. The van der Waals surface area contributed by atoms with Crippen LogP contribution in [-0.4, -0.2) is 39.5 Å². The predicted molar refractivity (Wildman–Crippen MR) is 65.1 cm³/mol. The molecule has 1 aliphatic heterocycles. The zero-order chi connectivity index (χ0) is 13.1. The van der Waals surface area contributed by atoms with Crippen molar-refractivity contribution in [3.8, 4) is 11.5 Å². The lowest BCUT2D eigenvalue weighted by Crippen LogP contribution is -3.06. The Bertz CT molecular complexity index is 445. The fraction of sp³-hybridized carbons (Fsp3) is 0.462. The summed E-state index contributed by atoms with van der Waals surface area (Å²) in [5.74, 6) is 0.926. The minimum Gasteiger partial charge on any atom is -0.454 e. The molecule has 1 atom stereocenters. The molecule has 1 aliphatic rings. The SMILES string of the molecule is C[C@H](C[NH+](C)C)OC(=O)c1ccc2c(c1)OCO2. The van der Waals surface area contributed by atoms with Crippen LogP contribution in [0.4, 0.5) is 0 Å². The van der Waals surface area contributed by atoms with Gasteiger partial charge in [-0.1, -0.05) is 0 Å². The van der Waals surface area contributed by atoms with Crippen LogP contribution in [0.25, 0.3) is 0 Å². The van der Waals surface area contributed by atoms with Gasteiger partial charge in [-0.25, -0.2) is 4.79 Å². The Morgan fingerprint density at radius 1 is 1.39 bits per heavy atom. The lowest BCUT2D eigenvalue weighted by Gasteiger charge is -2.15. The van der Waals surface area contributed by atoms with E-state index in [1.54, 1.807) is 18.2 Å². The lowest BCUT2D eigenvalue weighted by molar-refractivity contribution is -0.861. The molecule has 0 aromatic heterocycles. The van der Waals surface area contributed by atoms with Crippen LogP contribution in [0.2, 0.25) is 0 Å². The van der Waals surface area contributed by atoms with Crippen molar-refractivity contribution in [2.45, 2.75) is 13.0 Å². The van der Waals surface area contributed by atoms with E-state index in [-0.39, 0.29) is 18.9 Å². The highest BCUT2D eigenvalue weighted by molar-refractivity contribution is 5.90. The van der Waals surface area contributed by atoms with Crippen LogP contribution in [0.15, 0.2) is 18.2 Å². The summed E-state index contributed by atoms with van der Waals surface area (Å²) in [6.45, 7) is 2.86. The molecule has 1 aromatic carbocycles. The van der Waals surface area contributed by atoms with Crippen molar-refractivity contribution in [3.05, 3.63) is 23.8 Å². The van der Waals surface area contributed by atoms with Gasteiger partial charge in [-0.05, 0) is 25.1 Å². The standard InChI is InChI=1S/C13H17NO4/c1-9(7-14(2)3)18-13(15)10-4-5-11-12(6-10)17-8-16-11/h4-6,9H,7-8H2,1-3H3/p+1/t9-/m1/s1. The second-order valence-electron chi connectivity index (χ2n) is 4.70. The van der Waals surface area contributed by atoms with Crippen LogP contribution in [0.1, 0.15) is 17.3 Å². The largest absolute Gasteiger partial charge is 0.454 e. The van der Waals surface area contributed by atoms with Gasteiger partial charge in [0.25, 0.3) is 0 Å². The van der Waals surface area contributed by atoms with E-state index >= 15 is 0 Å². The molecule has 1 N–H and O–H groups in total. The van der Waals surface area contributed by atoms with Gasteiger partial charge in [0.2, 0.25) is 6.79 Å². The van der Waals surface area contributed by atoms with Gasteiger partial charge < -0.3 is 19.1 Å². The highest BCUT2D eigenvalue weighted by Gasteiger charge is 2.19. The number of hydrogen-bond acceptors (Lipinski definition) is 4.